The normalized spacial score (nSPS) is 17.4. The van der Waals surface area contributed by atoms with E-state index >= 15 is 0 Å². The predicted octanol–water partition coefficient (Wildman–Crippen LogP) is 2.25. The Morgan fingerprint density at radius 3 is 2.33 bits per heavy atom. The maximum atomic E-state index is 12.7. The molecule has 5 heteroatoms. The Labute approximate surface area is 144 Å². The molecule has 1 aromatic rings. The van der Waals surface area contributed by atoms with Crippen LogP contribution < -0.4 is 16.0 Å². The van der Waals surface area contributed by atoms with Crippen molar-refractivity contribution in [3.8, 4) is 0 Å². The van der Waals surface area contributed by atoms with Crippen molar-refractivity contribution < 1.29 is 14.9 Å². The summed E-state index contributed by atoms with van der Waals surface area (Å²) in [6, 6.07) is 9.38. The van der Waals surface area contributed by atoms with Crippen molar-refractivity contribution in [3.63, 3.8) is 0 Å². The molecular weight excluding hydrogens is 302 g/mol. The highest BCUT2D eigenvalue weighted by Crippen LogP contribution is 2.17. The third kappa shape index (κ3) is 5.96. The van der Waals surface area contributed by atoms with Gasteiger partial charge in [0.25, 0.3) is 5.91 Å². The van der Waals surface area contributed by atoms with Crippen molar-refractivity contribution in [1.82, 2.24) is 10.6 Å². The lowest BCUT2D eigenvalue weighted by molar-refractivity contribution is -0.717. The van der Waals surface area contributed by atoms with Gasteiger partial charge in [-0.3, -0.25) is 10.1 Å². The summed E-state index contributed by atoms with van der Waals surface area (Å²) in [5, 5.41) is 7.26. The summed E-state index contributed by atoms with van der Waals surface area (Å²) in [6.07, 6.45) is 8.61. The monoisotopic (exact) mass is 332 g/mol. The molecule has 1 atom stereocenters. The van der Waals surface area contributed by atoms with E-state index in [1.165, 1.54) is 32.1 Å². The molecule has 1 saturated carbocycles. The summed E-state index contributed by atoms with van der Waals surface area (Å²) in [7, 11) is 0. The lowest BCUT2D eigenvalue weighted by Gasteiger charge is -2.23. The maximum Gasteiger partial charge on any atom is 0.321 e. The van der Waals surface area contributed by atoms with E-state index in [-0.39, 0.29) is 11.9 Å². The van der Waals surface area contributed by atoms with E-state index in [2.05, 4.69) is 16.0 Å². The van der Waals surface area contributed by atoms with Gasteiger partial charge >= 0.3 is 6.03 Å². The first-order valence-electron chi connectivity index (χ1n) is 9.19. The minimum absolute atomic E-state index is 0.241. The topological polar surface area (TPSA) is 74.8 Å². The minimum atomic E-state index is -0.422. The van der Waals surface area contributed by atoms with Crippen LogP contribution in [0.15, 0.2) is 30.3 Å². The summed E-state index contributed by atoms with van der Waals surface area (Å²) in [5.74, 6) is -0.241. The number of benzene rings is 1. The second kappa shape index (κ2) is 10.1. The van der Waals surface area contributed by atoms with Crippen molar-refractivity contribution >= 4 is 11.9 Å². The van der Waals surface area contributed by atoms with E-state index in [1.54, 1.807) is 0 Å². The molecular formula is C19H30N3O2+. The highest BCUT2D eigenvalue weighted by atomic mass is 16.2. The molecule has 0 aliphatic heterocycles. The Balaban J connectivity index is 2.07. The SMILES string of the molecule is CCNC(=O)NC(=O)[C@H]([NH2+]C1CCCCCCC1)c1ccccc1. The Hall–Kier alpha value is -1.88. The molecule has 24 heavy (non-hydrogen) atoms. The van der Waals surface area contributed by atoms with E-state index in [0.717, 1.165) is 18.4 Å². The van der Waals surface area contributed by atoms with Gasteiger partial charge in [0, 0.05) is 12.1 Å². The van der Waals surface area contributed by atoms with Crippen molar-refractivity contribution in [2.75, 3.05) is 6.54 Å². The van der Waals surface area contributed by atoms with Gasteiger partial charge in [-0.2, -0.15) is 0 Å². The van der Waals surface area contributed by atoms with E-state index in [1.807, 2.05) is 37.3 Å². The van der Waals surface area contributed by atoms with Crippen LogP contribution in [-0.2, 0) is 4.79 Å². The fourth-order valence-corrected chi connectivity index (χ4v) is 3.36. The van der Waals surface area contributed by atoms with Gasteiger partial charge in [-0.1, -0.05) is 49.6 Å². The lowest BCUT2D eigenvalue weighted by atomic mass is 9.95. The number of carbonyl (C=O) groups is 2. The molecule has 0 unspecified atom stereocenters. The number of hydrogen-bond donors (Lipinski definition) is 3. The van der Waals surface area contributed by atoms with Crippen molar-refractivity contribution in [2.24, 2.45) is 0 Å². The van der Waals surface area contributed by atoms with Gasteiger partial charge in [-0.05, 0) is 32.6 Å². The largest absolute Gasteiger partial charge is 0.338 e. The number of hydrogen-bond acceptors (Lipinski definition) is 2. The Bertz CT molecular complexity index is 511. The molecule has 5 nitrogen and oxygen atoms in total. The van der Waals surface area contributed by atoms with Gasteiger partial charge in [0.05, 0.1) is 6.04 Å². The van der Waals surface area contributed by atoms with Crippen molar-refractivity contribution in [1.29, 1.82) is 0 Å². The highest BCUT2D eigenvalue weighted by molar-refractivity contribution is 5.96. The van der Waals surface area contributed by atoms with Gasteiger partial charge in [0.1, 0.15) is 0 Å². The molecule has 0 radical (unpaired) electrons. The standard InChI is InChI=1S/C19H29N3O2/c1-2-20-19(24)22-18(23)17(15-11-7-6-8-12-15)21-16-13-9-4-3-5-10-14-16/h6-8,11-12,16-17,21H,2-5,9-10,13-14H2,1H3,(H2,20,22,23,24)/p+1/t17-/m1/s1. The number of amides is 3. The molecule has 2 rings (SSSR count). The number of nitrogens with one attached hydrogen (secondary N) is 2. The average Bonchev–Trinajstić information content (AvgIpc) is 2.54. The molecule has 1 fully saturated rings. The molecule has 0 saturated heterocycles. The van der Waals surface area contributed by atoms with Crippen LogP contribution in [0.1, 0.15) is 63.5 Å². The molecule has 4 N–H and O–H groups in total. The Morgan fingerprint density at radius 1 is 1.08 bits per heavy atom. The molecule has 1 aromatic carbocycles. The van der Waals surface area contributed by atoms with Crippen LogP contribution in [0.25, 0.3) is 0 Å². The Kier molecular flexibility index (Phi) is 7.75. The zero-order valence-electron chi connectivity index (χ0n) is 14.6. The van der Waals surface area contributed by atoms with E-state index in [4.69, 9.17) is 0 Å². The van der Waals surface area contributed by atoms with E-state index < -0.39 is 6.03 Å². The summed E-state index contributed by atoms with van der Waals surface area (Å²) in [6.45, 7) is 2.33. The first-order valence-corrected chi connectivity index (χ1v) is 9.19. The van der Waals surface area contributed by atoms with Gasteiger partial charge in [0.15, 0.2) is 6.04 Å². The third-order valence-corrected chi connectivity index (χ3v) is 4.63. The first-order chi connectivity index (χ1) is 11.7. The number of imide groups is 1. The average molecular weight is 332 g/mol. The van der Waals surface area contributed by atoms with Crippen LogP contribution in [0.5, 0.6) is 0 Å². The van der Waals surface area contributed by atoms with Crippen molar-refractivity contribution in [2.45, 2.75) is 64.0 Å². The summed E-state index contributed by atoms with van der Waals surface area (Å²) in [4.78, 5) is 24.4. The quantitative estimate of drug-likeness (QED) is 0.773. The van der Waals surface area contributed by atoms with Crippen LogP contribution in [0.3, 0.4) is 0 Å². The maximum absolute atomic E-state index is 12.7. The van der Waals surface area contributed by atoms with Crippen LogP contribution >= 0.6 is 0 Å². The molecule has 0 spiro atoms. The number of quaternary nitrogens is 1. The first kappa shape index (κ1) is 18.5. The van der Waals surface area contributed by atoms with Gasteiger partial charge < -0.3 is 10.6 Å². The third-order valence-electron chi connectivity index (χ3n) is 4.63. The van der Waals surface area contributed by atoms with E-state index in [9.17, 15) is 9.59 Å². The molecule has 0 bridgehead atoms. The number of carbonyl (C=O) groups excluding carboxylic acids is 2. The summed E-state index contributed by atoms with van der Waals surface area (Å²) in [5.41, 5.74) is 0.946. The summed E-state index contributed by atoms with van der Waals surface area (Å²) < 4.78 is 0. The zero-order chi connectivity index (χ0) is 17.2. The fraction of sp³-hybridized carbons (Fsp3) is 0.579. The van der Waals surface area contributed by atoms with Gasteiger partial charge in [0.2, 0.25) is 0 Å². The fourth-order valence-electron chi connectivity index (χ4n) is 3.36. The minimum Gasteiger partial charge on any atom is -0.338 e. The smallest absolute Gasteiger partial charge is 0.321 e. The van der Waals surface area contributed by atoms with Crippen LogP contribution in [0.2, 0.25) is 0 Å². The van der Waals surface area contributed by atoms with E-state index in [0.29, 0.717) is 12.6 Å². The van der Waals surface area contributed by atoms with Crippen LogP contribution in [-0.4, -0.2) is 24.5 Å². The van der Waals surface area contributed by atoms with Crippen LogP contribution in [0, 0.1) is 0 Å². The molecule has 0 heterocycles. The number of urea groups is 1. The summed E-state index contributed by atoms with van der Waals surface area (Å²) >= 11 is 0. The predicted molar refractivity (Wildman–Crippen MR) is 94.4 cm³/mol. The lowest BCUT2D eigenvalue weighted by Crippen LogP contribution is -2.92. The molecule has 1 aliphatic carbocycles. The number of rotatable bonds is 5. The number of nitrogens with two attached hydrogens (primary N) is 1. The highest BCUT2D eigenvalue weighted by Gasteiger charge is 2.29. The van der Waals surface area contributed by atoms with Gasteiger partial charge in [-0.15, -0.1) is 0 Å². The van der Waals surface area contributed by atoms with Crippen molar-refractivity contribution in [3.05, 3.63) is 35.9 Å². The zero-order valence-corrected chi connectivity index (χ0v) is 14.6. The second-order valence-corrected chi connectivity index (χ2v) is 6.53. The Morgan fingerprint density at radius 2 is 1.71 bits per heavy atom. The molecule has 3 amide bonds. The van der Waals surface area contributed by atoms with Crippen LogP contribution in [0.4, 0.5) is 4.79 Å². The molecule has 1 aliphatic rings. The van der Waals surface area contributed by atoms with Gasteiger partial charge in [-0.25, -0.2) is 4.79 Å². The molecule has 0 aromatic heterocycles. The molecule has 132 valence electrons. The second-order valence-electron chi connectivity index (χ2n) is 6.53.